The minimum Gasteiger partial charge on any atom is -0.370 e. The van der Waals surface area contributed by atoms with Gasteiger partial charge in [0.25, 0.3) is 0 Å². The van der Waals surface area contributed by atoms with E-state index < -0.39 is 0 Å². The van der Waals surface area contributed by atoms with Crippen LogP contribution in [-0.2, 0) is 6.42 Å². The average molecular weight is 213 g/mol. The van der Waals surface area contributed by atoms with Gasteiger partial charge in [-0.05, 0) is 18.1 Å². The summed E-state index contributed by atoms with van der Waals surface area (Å²) in [5.74, 6) is 0.682. The van der Waals surface area contributed by atoms with Crippen molar-refractivity contribution in [3.63, 3.8) is 0 Å². The molecule has 0 saturated carbocycles. The number of anilines is 1. The minimum absolute atomic E-state index is 0.374. The van der Waals surface area contributed by atoms with Crippen molar-refractivity contribution in [2.45, 2.75) is 6.42 Å². The molecule has 2 rings (SSSR count). The Kier molecular flexibility index (Phi) is 3.14. The normalized spacial score (nSPS) is 9.69. The molecule has 0 aliphatic rings. The standard InChI is InChI=1S/C11H11N5/c12-6-10-5-11(16-8-15-10)14-4-2-9-1-3-13-7-9/h1,3,5,7-8,13H,2,4H2,(H,14,15,16). The van der Waals surface area contributed by atoms with E-state index in [1.54, 1.807) is 6.07 Å². The lowest BCUT2D eigenvalue weighted by atomic mass is 10.2. The molecule has 2 heterocycles. The van der Waals surface area contributed by atoms with Crippen LogP contribution in [0.1, 0.15) is 11.3 Å². The van der Waals surface area contributed by atoms with E-state index in [-0.39, 0.29) is 0 Å². The van der Waals surface area contributed by atoms with Gasteiger partial charge in [0, 0.05) is 25.0 Å². The summed E-state index contributed by atoms with van der Waals surface area (Å²) in [4.78, 5) is 10.8. The second kappa shape index (κ2) is 4.94. The highest BCUT2D eigenvalue weighted by Gasteiger charge is 1.97. The molecule has 0 aromatic carbocycles. The molecule has 0 amide bonds. The Morgan fingerprint density at radius 1 is 1.44 bits per heavy atom. The summed E-state index contributed by atoms with van der Waals surface area (Å²) in [5.41, 5.74) is 1.61. The van der Waals surface area contributed by atoms with Crippen LogP contribution in [0.25, 0.3) is 0 Å². The molecule has 5 heteroatoms. The third-order valence-electron chi connectivity index (χ3n) is 2.16. The fourth-order valence-corrected chi connectivity index (χ4v) is 1.36. The number of aromatic nitrogens is 3. The number of nitrogens with one attached hydrogen (secondary N) is 2. The van der Waals surface area contributed by atoms with Crippen molar-refractivity contribution < 1.29 is 0 Å². The molecule has 2 N–H and O–H groups in total. The number of nitrogens with zero attached hydrogens (tertiary/aromatic N) is 3. The minimum atomic E-state index is 0.374. The van der Waals surface area contributed by atoms with Crippen LogP contribution in [0.5, 0.6) is 0 Å². The first-order chi connectivity index (χ1) is 7.88. The molecule has 5 nitrogen and oxygen atoms in total. The molecule has 0 atom stereocenters. The maximum absolute atomic E-state index is 8.67. The zero-order valence-electron chi connectivity index (χ0n) is 8.64. The van der Waals surface area contributed by atoms with E-state index >= 15 is 0 Å². The fraction of sp³-hybridized carbons (Fsp3) is 0.182. The van der Waals surface area contributed by atoms with E-state index in [1.807, 2.05) is 24.5 Å². The first kappa shape index (κ1) is 10.2. The summed E-state index contributed by atoms with van der Waals surface area (Å²) in [5, 5.41) is 11.8. The van der Waals surface area contributed by atoms with E-state index in [0.717, 1.165) is 13.0 Å². The van der Waals surface area contributed by atoms with Gasteiger partial charge in [-0.25, -0.2) is 9.97 Å². The van der Waals surface area contributed by atoms with Crippen LogP contribution in [0.4, 0.5) is 5.82 Å². The number of hydrogen-bond acceptors (Lipinski definition) is 4. The first-order valence-corrected chi connectivity index (χ1v) is 4.96. The van der Waals surface area contributed by atoms with E-state index in [9.17, 15) is 0 Å². The second-order valence-corrected chi connectivity index (χ2v) is 3.30. The summed E-state index contributed by atoms with van der Waals surface area (Å²) in [7, 11) is 0. The third-order valence-corrected chi connectivity index (χ3v) is 2.16. The van der Waals surface area contributed by atoms with Gasteiger partial charge in [-0.2, -0.15) is 5.26 Å². The van der Waals surface area contributed by atoms with Crippen molar-refractivity contribution in [1.82, 2.24) is 15.0 Å². The van der Waals surface area contributed by atoms with Gasteiger partial charge in [-0.1, -0.05) is 0 Å². The SMILES string of the molecule is N#Cc1cc(NCCc2cc[nH]c2)ncn1. The van der Waals surface area contributed by atoms with E-state index in [4.69, 9.17) is 5.26 Å². The summed E-state index contributed by atoms with van der Waals surface area (Å²) in [6, 6.07) is 5.64. The topological polar surface area (TPSA) is 77.4 Å². The molecule has 0 aliphatic carbocycles. The Hall–Kier alpha value is -2.35. The zero-order chi connectivity index (χ0) is 11.2. The Morgan fingerprint density at radius 2 is 2.38 bits per heavy atom. The van der Waals surface area contributed by atoms with Crippen LogP contribution in [0, 0.1) is 11.3 Å². The van der Waals surface area contributed by atoms with Gasteiger partial charge >= 0.3 is 0 Å². The lowest BCUT2D eigenvalue weighted by Crippen LogP contribution is -2.06. The second-order valence-electron chi connectivity index (χ2n) is 3.30. The third kappa shape index (κ3) is 2.58. The fourth-order valence-electron chi connectivity index (χ4n) is 1.36. The van der Waals surface area contributed by atoms with Crippen molar-refractivity contribution in [3.8, 4) is 6.07 Å². The molecule has 2 aromatic heterocycles. The Bertz CT molecular complexity index is 483. The summed E-state index contributed by atoms with van der Waals surface area (Å²) in [6.45, 7) is 0.778. The van der Waals surface area contributed by atoms with E-state index in [1.165, 1.54) is 11.9 Å². The molecular formula is C11H11N5. The molecule has 0 radical (unpaired) electrons. The number of nitriles is 1. The number of H-pyrrole nitrogens is 1. The molecule has 0 saturated heterocycles. The van der Waals surface area contributed by atoms with E-state index in [0.29, 0.717) is 11.5 Å². The van der Waals surface area contributed by atoms with Crippen LogP contribution >= 0.6 is 0 Å². The lowest BCUT2D eigenvalue weighted by Gasteiger charge is -2.03. The Labute approximate surface area is 93.2 Å². The predicted molar refractivity (Wildman–Crippen MR) is 59.7 cm³/mol. The monoisotopic (exact) mass is 213 g/mol. The van der Waals surface area contributed by atoms with Crippen molar-refractivity contribution in [1.29, 1.82) is 5.26 Å². The number of hydrogen-bond donors (Lipinski definition) is 2. The van der Waals surface area contributed by atoms with Gasteiger partial charge < -0.3 is 10.3 Å². The van der Waals surface area contributed by atoms with Gasteiger partial charge in [-0.3, -0.25) is 0 Å². The van der Waals surface area contributed by atoms with Crippen molar-refractivity contribution in [3.05, 3.63) is 42.1 Å². The molecule has 0 spiro atoms. The molecule has 0 aliphatic heterocycles. The maximum atomic E-state index is 8.67. The smallest absolute Gasteiger partial charge is 0.145 e. The van der Waals surface area contributed by atoms with Crippen LogP contribution in [0.2, 0.25) is 0 Å². The van der Waals surface area contributed by atoms with Crippen LogP contribution < -0.4 is 5.32 Å². The van der Waals surface area contributed by atoms with Crippen molar-refractivity contribution in [2.75, 3.05) is 11.9 Å². The lowest BCUT2D eigenvalue weighted by molar-refractivity contribution is 0.998. The van der Waals surface area contributed by atoms with Gasteiger partial charge in [-0.15, -0.1) is 0 Å². The quantitative estimate of drug-likeness (QED) is 0.803. The first-order valence-electron chi connectivity index (χ1n) is 4.96. The summed E-state index contributed by atoms with van der Waals surface area (Å²) < 4.78 is 0. The molecule has 0 fully saturated rings. The van der Waals surface area contributed by atoms with Gasteiger partial charge in [0.2, 0.25) is 0 Å². The highest BCUT2D eigenvalue weighted by atomic mass is 15.0. The predicted octanol–water partition coefficient (Wildman–Crippen LogP) is 1.33. The molecule has 80 valence electrons. The van der Waals surface area contributed by atoms with Crippen molar-refractivity contribution >= 4 is 5.82 Å². The molecule has 0 unspecified atom stereocenters. The average Bonchev–Trinajstić information content (AvgIpc) is 2.82. The maximum Gasteiger partial charge on any atom is 0.145 e. The highest BCUT2D eigenvalue weighted by molar-refractivity contribution is 5.38. The largest absolute Gasteiger partial charge is 0.370 e. The van der Waals surface area contributed by atoms with Crippen LogP contribution in [-0.4, -0.2) is 21.5 Å². The zero-order valence-corrected chi connectivity index (χ0v) is 8.64. The van der Waals surface area contributed by atoms with Crippen LogP contribution in [0.3, 0.4) is 0 Å². The summed E-state index contributed by atoms with van der Waals surface area (Å²) >= 11 is 0. The van der Waals surface area contributed by atoms with Gasteiger partial charge in [0.15, 0.2) is 0 Å². The molecular weight excluding hydrogens is 202 g/mol. The van der Waals surface area contributed by atoms with E-state index in [2.05, 4.69) is 20.3 Å². The van der Waals surface area contributed by atoms with Gasteiger partial charge in [0.05, 0.1) is 0 Å². The number of aromatic amines is 1. The highest BCUT2D eigenvalue weighted by Crippen LogP contribution is 2.03. The Balaban J connectivity index is 1.88. The number of rotatable bonds is 4. The summed E-state index contributed by atoms with van der Waals surface area (Å²) in [6.07, 6.45) is 6.16. The molecule has 16 heavy (non-hydrogen) atoms. The van der Waals surface area contributed by atoms with Gasteiger partial charge in [0.1, 0.15) is 23.9 Å². The molecule has 2 aromatic rings. The Morgan fingerprint density at radius 3 is 3.12 bits per heavy atom. The molecule has 0 bridgehead atoms. The van der Waals surface area contributed by atoms with Crippen molar-refractivity contribution in [2.24, 2.45) is 0 Å². The van der Waals surface area contributed by atoms with Crippen LogP contribution in [0.15, 0.2) is 30.9 Å².